The van der Waals surface area contributed by atoms with Crippen molar-refractivity contribution in [1.29, 1.82) is 0 Å². The normalized spacial score (nSPS) is 10.5. The minimum Gasteiger partial charge on any atom is -0.0616 e. The van der Waals surface area contributed by atoms with E-state index in [1.54, 1.807) is 0 Å². The molecule has 0 nitrogen and oxygen atoms in total. The highest BCUT2D eigenvalue weighted by Gasteiger charge is 2.01. The van der Waals surface area contributed by atoms with Crippen LogP contribution in [0.2, 0.25) is 0 Å². The molecule has 0 N–H and O–H groups in total. The summed E-state index contributed by atoms with van der Waals surface area (Å²) >= 11 is 0. The summed E-state index contributed by atoms with van der Waals surface area (Å²) in [6.07, 6.45) is 0. The van der Waals surface area contributed by atoms with E-state index in [0.29, 0.717) is 0 Å². The summed E-state index contributed by atoms with van der Waals surface area (Å²) in [5.74, 6) is 0. The van der Waals surface area contributed by atoms with Crippen LogP contribution in [-0.2, 0) is 0 Å². The summed E-state index contributed by atoms with van der Waals surface area (Å²) in [6, 6.07) is 26.0. The Balaban J connectivity index is 2.32. The van der Waals surface area contributed by atoms with E-state index in [9.17, 15) is 0 Å². The predicted molar refractivity (Wildman–Crippen MR) is 68.2 cm³/mol. The summed E-state index contributed by atoms with van der Waals surface area (Å²) in [4.78, 5) is 0. The van der Waals surface area contributed by atoms with E-state index in [1.165, 1.54) is 21.9 Å². The molecule has 0 bridgehead atoms. The first-order valence-corrected chi connectivity index (χ1v) is 5.39. The van der Waals surface area contributed by atoms with Gasteiger partial charge in [-0.1, -0.05) is 66.7 Å². The molecule has 0 aromatic heterocycles. The highest BCUT2D eigenvalue weighted by Crippen LogP contribution is 2.27. The Morgan fingerprint density at radius 2 is 1.44 bits per heavy atom. The van der Waals surface area contributed by atoms with E-state index in [4.69, 9.17) is 0 Å². The van der Waals surface area contributed by atoms with Crippen LogP contribution in [0.4, 0.5) is 0 Å². The molecule has 75 valence electrons. The fourth-order valence-electron chi connectivity index (χ4n) is 2.04. The van der Waals surface area contributed by atoms with Crippen molar-refractivity contribution in [2.24, 2.45) is 0 Å². The Hall–Kier alpha value is -2.08. The van der Waals surface area contributed by atoms with E-state index in [0.717, 1.165) is 0 Å². The lowest BCUT2D eigenvalue weighted by molar-refractivity contribution is 1.64. The maximum absolute atomic E-state index is 3.05. The van der Waals surface area contributed by atoms with Crippen LogP contribution in [0.5, 0.6) is 0 Å². The summed E-state index contributed by atoms with van der Waals surface area (Å²) in [7, 11) is 0. The molecule has 3 rings (SSSR count). The molecule has 0 saturated heterocycles. The average Bonchev–Trinajstić information content (AvgIpc) is 2.39. The molecule has 0 aliphatic rings. The molecule has 3 aromatic rings. The van der Waals surface area contributed by atoms with Gasteiger partial charge in [0.25, 0.3) is 0 Å². The van der Waals surface area contributed by atoms with E-state index in [-0.39, 0.29) is 0 Å². The number of hydrogen-bond acceptors (Lipinski definition) is 0. The van der Waals surface area contributed by atoms with Crippen LogP contribution in [0.15, 0.2) is 66.7 Å². The molecule has 0 unspecified atom stereocenters. The quantitative estimate of drug-likeness (QED) is 0.553. The second-order valence-corrected chi connectivity index (χ2v) is 3.82. The first kappa shape index (κ1) is 9.17. The van der Waals surface area contributed by atoms with E-state index >= 15 is 0 Å². The first-order valence-electron chi connectivity index (χ1n) is 5.39. The van der Waals surface area contributed by atoms with E-state index in [1.807, 2.05) is 12.1 Å². The van der Waals surface area contributed by atoms with Gasteiger partial charge in [0.05, 0.1) is 0 Å². The largest absolute Gasteiger partial charge is 0.0616 e. The Labute approximate surface area is 95.2 Å². The second kappa shape index (κ2) is 3.82. The van der Waals surface area contributed by atoms with Crippen molar-refractivity contribution in [3.63, 3.8) is 0 Å². The van der Waals surface area contributed by atoms with Crippen molar-refractivity contribution in [1.82, 2.24) is 0 Å². The van der Waals surface area contributed by atoms with Gasteiger partial charge in [0.1, 0.15) is 0 Å². The summed E-state index contributed by atoms with van der Waals surface area (Å²) < 4.78 is 0. The van der Waals surface area contributed by atoms with Crippen LogP contribution >= 0.6 is 0 Å². The van der Waals surface area contributed by atoms with Gasteiger partial charge in [-0.2, -0.15) is 0 Å². The Morgan fingerprint density at radius 3 is 2.31 bits per heavy atom. The van der Waals surface area contributed by atoms with E-state index in [2.05, 4.69) is 60.7 Å². The Bertz CT molecular complexity index is 604. The molecule has 0 amide bonds. The summed E-state index contributed by atoms with van der Waals surface area (Å²) in [6.45, 7) is 0. The van der Waals surface area contributed by atoms with Crippen molar-refractivity contribution in [2.45, 2.75) is 0 Å². The minimum atomic E-state index is 1.25. The van der Waals surface area contributed by atoms with Crippen molar-refractivity contribution in [3.05, 3.63) is 72.8 Å². The Kier molecular flexibility index (Phi) is 2.19. The first-order chi connectivity index (χ1) is 7.95. The second-order valence-electron chi connectivity index (χ2n) is 3.82. The number of rotatable bonds is 1. The minimum absolute atomic E-state index is 1.25. The molecule has 0 atom stereocenters. The highest BCUT2D eigenvalue weighted by molar-refractivity contribution is 5.96. The van der Waals surface area contributed by atoms with Gasteiger partial charge in [0, 0.05) is 0 Å². The van der Waals surface area contributed by atoms with Crippen LogP contribution in [0.3, 0.4) is 0 Å². The molecule has 16 heavy (non-hydrogen) atoms. The monoisotopic (exact) mass is 203 g/mol. The number of fused-ring (bicyclic) bond motifs is 1. The van der Waals surface area contributed by atoms with Gasteiger partial charge in [-0.15, -0.1) is 0 Å². The van der Waals surface area contributed by atoms with Crippen molar-refractivity contribution < 1.29 is 0 Å². The molecule has 0 heterocycles. The number of benzene rings is 3. The van der Waals surface area contributed by atoms with Gasteiger partial charge in [0.2, 0.25) is 0 Å². The van der Waals surface area contributed by atoms with Crippen LogP contribution in [0, 0.1) is 6.07 Å². The van der Waals surface area contributed by atoms with Crippen molar-refractivity contribution in [3.8, 4) is 11.1 Å². The Morgan fingerprint density at radius 1 is 0.688 bits per heavy atom. The lowest BCUT2D eigenvalue weighted by Crippen LogP contribution is -1.80. The average molecular weight is 203 g/mol. The molecule has 0 spiro atoms. The fraction of sp³-hybridized carbons (Fsp3) is 0. The molecule has 1 radical (unpaired) electrons. The van der Waals surface area contributed by atoms with Crippen LogP contribution in [0.25, 0.3) is 21.9 Å². The topological polar surface area (TPSA) is 0 Å². The highest BCUT2D eigenvalue weighted by atomic mass is 14.0. The van der Waals surface area contributed by atoms with Gasteiger partial charge in [-0.3, -0.25) is 0 Å². The zero-order valence-electron chi connectivity index (χ0n) is 8.85. The third kappa shape index (κ3) is 1.49. The van der Waals surface area contributed by atoms with Gasteiger partial charge in [-0.25, -0.2) is 0 Å². The summed E-state index contributed by atoms with van der Waals surface area (Å²) in [5.41, 5.74) is 2.53. The van der Waals surface area contributed by atoms with Crippen molar-refractivity contribution in [2.75, 3.05) is 0 Å². The molecule has 0 fully saturated rings. The molecule has 3 aromatic carbocycles. The molecular formula is C16H11. The molecule has 0 aliphatic heterocycles. The molecule has 0 aliphatic carbocycles. The maximum atomic E-state index is 3.05. The number of hydrogen-bond donors (Lipinski definition) is 0. The van der Waals surface area contributed by atoms with Gasteiger partial charge in [0.15, 0.2) is 0 Å². The molecule has 0 saturated carbocycles. The predicted octanol–water partition coefficient (Wildman–Crippen LogP) is 4.31. The zero-order chi connectivity index (χ0) is 10.8. The maximum Gasteiger partial charge on any atom is -0.0105 e. The fourth-order valence-corrected chi connectivity index (χ4v) is 2.04. The van der Waals surface area contributed by atoms with E-state index < -0.39 is 0 Å². The van der Waals surface area contributed by atoms with Gasteiger partial charge in [-0.05, 0) is 28.0 Å². The van der Waals surface area contributed by atoms with Crippen molar-refractivity contribution >= 4 is 10.8 Å². The van der Waals surface area contributed by atoms with Gasteiger partial charge >= 0.3 is 0 Å². The lowest BCUT2D eigenvalue weighted by Gasteiger charge is -2.06. The smallest absolute Gasteiger partial charge is 0.0105 e. The summed E-state index contributed by atoms with van der Waals surface area (Å²) in [5, 5.41) is 2.59. The van der Waals surface area contributed by atoms with Crippen LogP contribution in [-0.4, -0.2) is 0 Å². The molecule has 0 heteroatoms. The third-order valence-electron chi connectivity index (χ3n) is 2.82. The standard InChI is InChI=1S/C16H11/c1-2-7-13(8-3-1)16-12-6-10-14-9-4-5-11-15(14)16/h2-12H. The van der Waals surface area contributed by atoms with Crippen LogP contribution in [0.1, 0.15) is 0 Å². The lowest BCUT2D eigenvalue weighted by atomic mass is 9.98. The zero-order valence-corrected chi connectivity index (χ0v) is 8.85. The third-order valence-corrected chi connectivity index (χ3v) is 2.82. The van der Waals surface area contributed by atoms with Gasteiger partial charge < -0.3 is 0 Å². The van der Waals surface area contributed by atoms with Crippen LogP contribution < -0.4 is 0 Å². The SMILES string of the molecule is [c]1ccc(-c2cccc3ccccc23)cc1. The molecular weight excluding hydrogens is 192 g/mol.